The van der Waals surface area contributed by atoms with Crippen molar-refractivity contribution in [3.63, 3.8) is 0 Å². The number of hydrogen-bond acceptors (Lipinski definition) is 6. The average molecular weight is 168 g/mol. The van der Waals surface area contributed by atoms with Crippen molar-refractivity contribution in [3.8, 4) is 6.07 Å². The number of aliphatic hydroxyl groups is 1. The normalized spacial score (nSPS) is 12.4. The van der Waals surface area contributed by atoms with Crippen LogP contribution in [0, 0.1) is 11.3 Å². The van der Waals surface area contributed by atoms with E-state index in [0.717, 1.165) is 0 Å². The molecule has 0 aliphatic heterocycles. The van der Waals surface area contributed by atoms with Crippen molar-refractivity contribution in [2.24, 2.45) is 5.73 Å². The minimum absolute atomic E-state index is 0.0220. The molecule has 64 valence electrons. The second-order valence-corrected chi connectivity index (χ2v) is 2.12. The topological polar surface area (TPSA) is 109 Å². The summed E-state index contributed by atoms with van der Waals surface area (Å²) < 4.78 is 4.90. The maximum atomic E-state index is 9.11. The van der Waals surface area contributed by atoms with Crippen LogP contribution in [-0.4, -0.2) is 21.8 Å². The zero-order chi connectivity index (χ0) is 8.97. The van der Waals surface area contributed by atoms with E-state index >= 15 is 0 Å². The van der Waals surface area contributed by atoms with Gasteiger partial charge in [-0.1, -0.05) is 0 Å². The van der Waals surface area contributed by atoms with Crippen LogP contribution in [0.25, 0.3) is 0 Å². The quantitative estimate of drug-likeness (QED) is 0.607. The van der Waals surface area contributed by atoms with Crippen molar-refractivity contribution in [2.75, 3.05) is 6.54 Å². The molecule has 0 aromatic carbocycles. The SMILES string of the molecule is N#CCc1nnc(C(O)CN)o1. The summed E-state index contributed by atoms with van der Waals surface area (Å²) in [6.45, 7) is 0.0220. The molecule has 1 heterocycles. The Morgan fingerprint density at radius 2 is 2.42 bits per heavy atom. The number of rotatable bonds is 3. The molecule has 0 aliphatic carbocycles. The van der Waals surface area contributed by atoms with E-state index in [0.29, 0.717) is 0 Å². The van der Waals surface area contributed by atoms with Crippen LogP contribution in [-0.2, 0) is 6.42 Å². The highest BCUT2D eigenvalue weighted by Gasteiger charge is 2.13. The molecule has 6 heteroatoms. The second-order valence-electron chi connectivity index (χ2n) is 2.12. The van der Waals surface area contributed by atoms with E-state index < -0.39 is 6.10 Å². The van der Waals surface area contributed by atoms with Crippen LogP contribution in [0.3, 0.4) is 0 Å². The number of aliphatic hydroxyl groups excluding tert-OH is 1. The van der Waals surface area contributed by atoms with Crippen LogP contribution in [0.1, 0.15) is 17.9 Å². The van der Waals surface area contributed by atoms with Crippen molar-refractivity contribution in [2.45, 2.75) is 12.5 Å². The molecule has 1 aromatic rings. The Labute approximate surface area is 68.6 Å². The van der Waals surface area contributed by atoms with Crippen LogP contribution >= 0.6 is 0 Å². The van der Waals surface area contributed by atoms with Crippen LogP contribution < -0.4 is 5.73 Å². The average Bonchev–Trinajstić information content (AvgIpc) is 2.52. The van der Waals surface area contributed by atoms with Gasteiger partial charge in [-0.05, 0) is 0 Å². The van der Waals surface area contributed by atoms with Crippen LogP contribution in [0.5, 0.6) is 0 Å². The third-order valence-corrected chi connectivity index (χ3v) is 1.22. The van der Waals surface area contributed by atoms with E-state index in [1.54, 1.807) is 0 Å². The number of nitrogens with two attached hydrogens (primary N) is 1. The molecule has 0 saturated heterocycles. The van der Waals surface area contributed by atoms with Crippen molar-refractivity contribution in [1.82, 2.24) is 10.2 Å². The maximum absolute atomic E-state index is 9.11. The van der Waals surface area contributed by atoms with Gasteiger partial charge in [0.2, 0.25) is 11.8 Å². The summed E-state index contributed by atoms with van der Waals surface area (Å²) in [5.74, 6) is 0.253. The zero-order valence-corrected chi connectivity index (χ0v) is 6.27. The minimum Gasteiger partial charge on any atom is -0.421 e. The van der Waals surface area contributed by atoms with Crippen molar-refractivity contribution < 1.29 is 9.52 Å². The lowest BCUT2D eigenvalue weighted by molar-refractivity contribution is 0.150. The van der Waals surface area contributed by atoms with Crippen molar-refractivity contribution in [3.05, 3.63) is 11.8 Å². The van der Waals surface area contributed by atoms with Gasteiger partial charge in [0, 0.05) is 6.54 Å². The summed E-state index contributed by atoms with van der Waals surface area (Å²) in [6.07, 6.45) is -0.894. The Bertz CT molecular complexity index is 290. The van der Waals surface area contributed by atoms with Gasteiger partial charge in [0.1, 0.15) is 12.5 Å². The molecule has 0 aliphatic rings. The Morgan fingerprint density at radius 3 is 3.00 bits per heavy atom. The summed E-state index contributed by atoms with van der Waals surface area (Å²) in [6, 6.07) is 1.85. The lowest BCUT2D eigenvalue weighted by Gasteiger charge is -1.98. The highest BCUT2D eigenvalue weighted by atomic mass is 16.4. The fourth-order valence-electron chi connectivity index (χ4n) is 0.641. The molecule has 1 aromatic heterocycles. The number of aromatic nitrogens is 2. The van der Waals surface area contributed by atoms with Gasteiger partial charge in [-0.15, -0.1) is 10.2 Å². The first kappa shape index (κ1) is 8.64. The van der Waals surface area contributed by atoms with E-state index in [1.165, 1.54) is 0 Å². The highest BCUT2D eigenvalue weighted by molar-refractivity contribution is 4.92. The van der Waals surface area contributed by atoms with Gasteiger partial charge in [0.15, 0.2) is 0 Å². The molecule has 6 nitrogen and oxygen atoms in total. The van der Waals surface area contributed by atoms with Crippen molar-refractivity contribution in [1.29, 1.82) is 5.26 Å². The minimum atomic E-state index is -0.940. The molecular weight excluding hydrogens is 160 g/mol. The number of hydrogen-bond donors (Lipinski definition) is 2. The fraction of sp³-hybridized carbons (Fsp3) is 0.500. The highest BCUT2D eigenvalue weighted by Crippen LogP contribution is 2.09. The molecular formula is C6H8N4O2. The van der Waals surface area contributed by atoms with E-state index in [9.17, 15) is 0 Å². The smallest absolute Gasteiger partial charge is 0.246 e. The molecule has 1 rings (SSSR count). The van der Waals surface area contributed by atoms with Crippen LogP contribution in [0.4, 0.5) is 0 Å². The summed E-state index contributed by atoms with van der Waals surface area (Å²) in [5.41, 5.74) is 5.14. The van der Waals surface area contributed by atoms with Gasteiger partial charge in [0.05, 0.1) is 6.07 Å². The molecule has 1 atom stereocenters. The predicted molar refractivity (Wildman–Crippen MR) is 37.6 cm³/mol. The molecule has 12 heavy (non-hydrogen) atoms. The van der Waals surface area contributed by atoms with E-state index in [1.807, 2.05) is 6.07 Å². The monoisotopic (exact) mass is 168 g/mol. The molecule has 0 saturated carbocycles. The third kappa shape index (κ3) is 1.78. The molecule has 1 unspecified atom stereocenters. The first-order valence-electron chi connectivity index (χ1n) is 3.35. The van der Waals surface area contributed by atoms with Gasteiger partial charge in [-0.2, -0.15) is 5.26 Å². The molecule has 0 bridgehead atoms. The summed E-state index contributed by atoms with van der Waals surface area (Å²) in [4.78, 5) is 0. The third-order valence-electron chi connectivity index (χ3n) is 1.22. The van der Waals surface area contributed by atoms with Gasteiger partial charge in [0.25, 0.3) is 0 Å². The van der Waals surface area contributed by atoms with E-state index in [-0.39, 0.29) is 24.7 Å². The number of nitriles is 1. The summed E-state index contributed by atoms with van der Waals surface area (Å²) in [5, 5.41) is 24.4. The Kier molecular flexibility index (Phi) is 2.74. The van der Waals surface area contributed by atoms with Gasteiger partial charge in [-0.3, -0.25) is 0 Å². The molecule has 0 fully saturated rings. The Hall–Kier alpha value is -1.45. The zero-order valence-electron chi connectivity index (χ0n) is 6.27. The summed E-state index contributed by atoms with van der Waals surface area (Å²) >= 11 is 0. The van der Waals surface area contributed by atoms with E-state index in [2.05, 4.69) is 10.2 Å². The summed E-state index contributed by atoms with van der Waals surface area (Å²) in [7, 11) is 0. The molecule has 0 amide bonds. The first-order valence-corrected chi connectivity index (χ1v) is 3.35. The van der Waals surface area contributed by atoms with Gasteiger partial charge < -0.3 is 15.3 Å². The van der Waals surface area contributed by atoms with Gasteiger partial charge in [-0.25, -0.2) is 0 Å². The van der Waals surface area contributed by atoms with Crippen molar-refractivity contribution >= 4 is 0 Å². The first-order chi connectivity index (χ1) is 5.77. The molecule has 3 N–H and O–H groups in total. The molecule has 0 spiro atoms. The van der Waals surface area contributed by atoms with Crippen LogP contribution in [0.2, 0.25) is 0 Å². The lowest BCUT2D eigenvalue weighted by atomic mass is 10.4. The largest absolute Gasteiger partial charge is 0.421 e. The Morgan fingerprint density at radius 1 is 1.67 bits per heavy atom. The van der Waals surface area contributed by atoms with E-state index in [4.69, 9.17) is 20.5 Å². The fourth-order valence-corrected chi connectivity index (χ4v) is 0.641. The van der Waals surface area contributed by atoms with Crippen LogP contribution in [0.15, 0.2) is 4.42 Å². The standard InChI is InChI=1S/C6H8N4O2/c7-2-1-5-9-10-6(12-5)4(11)3-8/h4,11H,1,3,8H2. The number of nitrogens with zero attached hydrogens (tertiary/aromatic N) is 3. The second kappa shape index (κ2) is 3.80. The maximum Gasteiger partial charge on any atom is 0.246 e. The van der Waals surface area contributed by atoms with Gasteiger partial charge >= 0.3 is 0 Å². The molecule has 0 radical (unpaired) electrons. The predicted octanol–water partition coefficient (Wildman–Crippen LogP) is -0.872. The lowest BCUT2D eigenvalue weighted by Crippen LogP contribution is -2.11. The Balaban J connectivity index is 2.71.